The van der Waals surface area contributed by atoms with Crippen molar-refractivity contribution in [1.82, 2.24) is 10.2 Å². The molecule has 1 heterocycles. The summed E-state index contributed by atoms with van der Waals surface area (Å²) in [6.45, 7) is 0. The zero-order chi connectivity index (χ0) is 12.5. The number of aromatic amines is 1. The van der Waals surface area contributed by atoms with Crippen LogP contribution < -0.4 is 5.56 Å². The van der Waals surface area contributed by atoms with Crippen molar-refractivity contribution in [1.29, 1.82) is 0 Å². The fourth-order valence-corrected chi connectivity index (χ4v) is 2.19. The molecule has 0 aliphatic rings. The van der Waals surface area contributed by atoms with Crippen LogP contribution in [0.1, 0.15) is 0 Å². The molecule has 3 nitrogen and oxygen atoms in total. The van der Waals surface area contributed by atoms with Gasteiger partial charge in [-0.05, 0) is 22.4 Å². The van der Waals surface area contributed by atoms with E-state index in [2.05, 4.69) is 10.2 Å². The molecule has 0 radical (unpaired) electrons. The van der Waals surface area contributed by atoms with E-state index in [9.17, 15) is 4.79 Å². The summed E-state index contributed by atoms with van der Waals surface area (Å²) < 4.78 is 0. The predicted molar refractivity (Wildman–Crippen MR) is 72.8 cm³/mol. The van der Waals surface area contributed by atoms with Gasteiger partial charge < -0.3 is 0 Å². The lowest BCUT2D eigenvalue weighted by Gasteiger charge is -2.05. The van der Waals surface area contributed by atoms with Gasteiger partial charge in [-0.3, -0.25) is 4.79 Å². The molecule has 4 heteroatoms. The molecule has 0 aliphatic heterocycles. The molecule has 0 saturated heterocycles. The standard InChI is InChI=1S/C14H9ClN2O/c15-13-8-12(14(18)17-16-13)11-7-3-5-9-4-1-2-6-10(9)11/h1-8H,(H,17,18). The lowest BCUT2D eigenvalue weighted by atomic mass is 10.00. The van der Waals surface area contributed by atoms with Crippen molar-refractivity contribution in [3.05, 3.63) is 64.0 Å². The van der Waals surface area contributed by atoms with Gasteiger partial charge in [0, 0.05) is 0 Å². The molecule has 0 spiro atoms. The highest BCUT2D eigenvalue weighted by Gasteiger charge is 2.08. The second kappa shape index (κ2) is 4.27. The number of hydrogen-bond acceptors (Lipinski definition) is 2. The first kappa shape index (κ1) is 11.0. The number of H-pyrrole nitrogens is 1. The fourth-order valence-electron chi connectivity index (χ4n) is 2.04. The number of nitrogens with one attached hydrogen (secondary N) is 1. The highest BCUT2D eigenvalue weighted by Crippen LogP contribution is 2.26. The third-order valence-corrected chi connectivity index (χ3v) is 3.05. The van der Waals surface area contributed by atoms with E-state index in [4.69, 9.17) is 11.6 Å². The molecule has 0 fully saturated rings. The van der Waals surface area contributed by atoms with Gasteiger partial charge in [0.15, 0.2) is 0 Å². The average Bonchev–Trinajstić information content (AvgIpc) is 2.41. The zero-order valence-corrected chi connectivity index (χ0v) is 10.1. The maximum atomic E-state index is 11.8. The molecule has 2 aromatic carbocycles. The Hall–Kier alpha value is -2.13. The molecular weight excluding hydrogens is 248 g/mol. The van der Waals surface area contributed by atoms with Crippen LogP contribution in [0.25, 0.3) is 21.9 Å². The summed E-state index contributed by atoms with van der Waals surface area (Å²) in [5, 5.41) is 8.45. The summed E-state index contributed by atoms with van der Waals surface area (Å²) in [6, 6.07) is 15.3. The quantitative estimate of drug-likeness (QED) is 0.726. The SMILES string of the molecule is O=c1[nH]nc(Cl)cc1-c1cccc2ccccc12. The minimum absolute atomic E-state index is 0.240. The van der Waals surface area contributed by atoms with Crippen LogP contribution in [0.15, 0.2) is 53.3 Å². The summed E-state index contributed by atoms with van der Waals surface area (Å²) in [4.78, 5) is 11.8. The van der Waals surface area contributed by atoms with E-state index in [1.54, 1.807) is 6.07 Å². The van der Waals surface area contributed by atoms with Gasteiger partial charge in [-0.2, -0.15) is 5.10 Å². The first-order valence-electron chi connectivity index (χ1n) is 5.49. The highest BCUT2D eigenvalue weighted by atomic mass is 35.5. The van der Waals surface area contributed by atoms with Crippen molar-refractivity contribution in [2.45, 2.75) is 0 Å². The van der Waals surface area contributed by atoms with Gasteiger partial charge in [0.25, 0.3) is 5.56 Å². The molecule has 0 unspecified atom stereocenters. The minimum atomic E-state index is -0.240. The minimum Gasteiger partial charge on any atom is -0.267 e. The molecule has 18 heavy (non-hydrogen) atoms. The topological polar surface area (TPSA) is 45.8 Å². The van der Waals surface area contributed by atoms with Crippen molar-refractivity contribution < 1.29 is 0 Å². The second-order valence-electron chi connectivity index (χ2n) is 3.96. The Morgan fingerprint density at radius 3 is 2.67 bits per heavy atom. The number of halogens is 1. The Morgan fingerprint density at radius 1 is 1.00 bits per heavy atom. The highest BCUT2D eigenvalue weighted by molar-refractivity contribution is 6.29. The first-order chi connectivity index (χ1) is 8.75. The Bertz CT molecular complexity index is 775. The van der Waals surface area contributed by atoms with Crippen LogP contribution in [0.2, 0.25) is 5.15 Å². The van der Waals surface area contributed by atoms with Crippen LogP contribution in [-0.2, 0) is 0 Å². The molecule has 1 aromatic heterocycles. The average molecular weight is 257 g/mol. The van der Waals surface area contributed by atoms with Crippen molar-refractivity contribution in [3.8, 4) is 11.1 Å². The van der Waals surface area contributed by atoms with Crippen LogP contribution in [0, 0.1) is 0 Å². The second-order valence-corrected chi connectivity index (χ2v) is 4.35. The molecule has 0 bridgehead atoms. The van der Waals surface area contributed by atoms with Crippen LogP contribution in [0.5, 0.6) is 0 Å². The number of nitrogens with zero attached hydrogens (tertiary/aromatic N) is 1. The molecule has 88 valence electrons. The number of fused-ring (bicyclic) bond motifs is 1. The molecule has 0 aliphatic carbocycles. The Morgan fingerprint density at radius 2 is 1.78 bits per heavy atom. The maximum Gasteiger partial charge on any atom is 0.272 e. The number of hydrogen-bond donors (Lipinski definition) is 1. The number of rotatable bonds is 1. The van der Waals surface area contributed by atoms with Crippen LogP contribution in [0.4, 0.5) is 0 Å². The maximum absolute atomic E-state index is 11.8. The van der Waals surface area contributed by atoms with Gasteiger partial charge in [-0.1, -0.05) is 54.1 Å². The van der Waals surface area contributed by atoms with Gasteiger partial charge in [0.1, 0.15) is 5.15 Å². The largest absolute Gasteiger partial charge is 0.272 e. The van der Waals surface area contributed by atoms with Crippen molar-refractivity contribution in [2.24, 2.45) is 0 Å². The fraction of sp³-hybridized carbons (Fsp3) is 0. The summed E-state index contributed by atoms with van der Waals surface area (Å²) in [5.74, 6) is 0. The third kappa shape index (κ3) is 1.79. The van der Waals surface area contributed by atoms with Crippen molar-refractivity contribution >= 4 is 22.4 Å². The third-order valence-electron chi connectivity index (χ3n) is 2.85. The molecule has 0 saturated carbocycles. The first-order valence-corrected chi connectivity index (χ1v) is 5.87. The molecule has 0 amide bonds. The molecule has 0 atom stereocenters. The van der Waals surface area contributed by atoms with E-state index in [1.165, 1.54) is 0 Å². The molecule has 3 rings (SSSR count). The van der Waals surface area contributed by atoms with Crippen molar-refractivity contribution in [2.75, 3.05) is 0 Å². The van der Waals surface area contributed by atoms with E-state index in [-0.39, 0.29) is 10.7 Å². The van der Waals surface area contributed by atoms with E-state index in [1.807, 2.05) is 42.5 Å². The monoisotopic (exact) mass is 256 g/mol. The number of aromatic nitrogens is 2. The van der Waals surface area contributed by atoms with Gasteiger partial charge in [0.05, 0.1) is 5.56 Å². The smallest absolute Gasteiger partial charge is 0.267 e. The summed E-state index contributed by atoms with van der Waals surface area (Å²) >= 11 is 5.84. The summed E-state index contributed by atoms with van der Waals surface area (Å²) in [5.41, 5.74) is 1.15. The van der Waals surface area contributed by atoms with Crippen LogP contribution >= 0.6 is 11.6 Å². The normalized spacial score (nSPS) is 10.7. The lowest BCUT2D eigenvalue weighted by molar-refractivity contribution is 0.992. The van der Waals surface area contributed by atoms with Crippen molar-refractivity contribution in [3.63, 3.8) is 0 Å². The summed E-state index contributed by atoms with van der Waals surface area (Å²) in [7, 11) is 0. The van der Waals surface area contributed by atoms with E-state index in [0.29, 0.717) is 5.56 Å². The molecule has 1 N–H and O–H groups in total. The van der Waals surface area contributed by atoms with Gasteiger partial charge in [-0.25, -0.2) is 5.10 Å². The van der Waals surface area contributed by atoms with Gasteiger partial charge in [0.2, 0.25) is 0 Å². The Balaban J connectivity index is 2.38. The van der Waals surface area contributed by atoms with Gasteiger partial charge >= 0.3 is 0 Å². The molecule has 3 aromatic rings. The van der Waals surface area contributed by atoms with E-state index >= 15 is 0 Å². The van der Waals surface area contributed by atoms with E-state index < -0.39 is 0 Å². The number of benzene rings is 2. The van der Waals surface area contributed by atoms with Crippen LogP contribution in [-0.4, -0.2) is 10.2 Å². The van der Waals surface area contributed by atoms with Crippen LogP contribution in [0.3, 0.4) is 0 Å². The van der Waals surface area contributed by atoms with Gasteiger partial charge in [-0.15, -0.1) is 0 Å². The Kier molecular flexibility index (Phi) is 2.61. The lowest BCUT2D eigenvalue weighted by Crippen LogP contribution is -2.10. The summed E-state index contributed by atoms with van der Waals surface area (Å²) in [6.07, 6.45) is 0. The zero-order valence-electron chi connectivity index (χ0n) is 9.35. The predicted octanol–water partition coefficient (Wildman–Crippen LogP) is 3.24. The van der Waals surface area contributed by atoms with E-state index in [0.717, 1.165) is 16.3 Å². The molecular formula is C14H9ClN2O. The Labute approximate surface area is 108 Å².